The molecule has 0 aliphatic carbocycles. The van der Waals surface area contributed by atoms with Crippen molar-refractivity contribution in [1.82, 2.24) is 9.29 Å². The fourth-order valence-electron chi connectivity index (χ4n) is 3.55. The molecule has 1 fully saturated rings. The molecule has 1 aliphatic rings. The minimum Gasteiger partial charge on any atom is -0.456 e. The van der Waals surface area contributed by atoms with Crippen molar-refractivity contribution in [3.63, 3.8) is 0 Å². The Kier molecular flexibility index (Phi) is 6.42. The van der Waals surface area contributed by atoms with Gasteiger partial charge in [0.25, 0.3) is 0 Å². The molecule has 0 amide bonds. The molecule has 1 aromatic carbocycles. The highest BCUT2D eigenvalue weighted by molar-refractivity contribution is 7.89. The van der Waals surface area contributed by atoms with Crippen LogP contribution in [0.2, 0.25) is 0 Å². The summed E-state index contributed by atoms with van der Waals surface area (Å²) in [7, 11) is -3.61. The Labute approximate surface area is 170 Å². The zero-order valence-electron chi connectivity index (χ0n) is 16.8. The zero-order chi connectivity index (χ0) is 21.2. The van der Waals surface area contributed by atoms with Gasteiger partial charge in [-0.3, -0.25) is 0 Å². The minimum absolute atomic E-state index is 0.0627. The largest absolute Gasteiger partial charge is 0.456 e. The molecule has 2 heterocycles. The number of nitrogens with zero attached hydrogens (tertiary/aromatic N) is 1. The van der Waals surface area contributed by atoms with E-state index in [1.807, 2.05) is 0 Å². The molecule has 8 nitrogen and oxygen atoms in total. The predicted octanol–water partition coefficient (Wildman–Crippen LogP) is 2.06. The van der Waals surface area contributed by atoms with Crippen LogP contribution in [0.1, 0.15) is 45.9 Å². The first kappa shape index (κ1) is 21.5. The van der Waals surface area contributed by atoms with E-state index in [2.05, 4.69) is 4.98 Å². The lowest BCUT2D eigenvalue weighted by Gasteiger charge is -2.26. The number of rotatable bonds is 6. The van der Waals surface area contributed by atoms with Crippen molar-refractivity contribution in [2.45, 2.75) is 38.4 Å². The molecule has 158 valence electrons. The summed E-state index contributed by atoms with van der Waals surface area (Å²) in [6.07, 6.45) is -0.699. The van der Waals surface area contributed by atoms with Crippen molar-refractivity contribution in [2.24, 2.45) is 0 Å². The van der Waals surface area contributed by atoms with Crippen molar-refractivity contribution in [3.05, 3.63) is 52.3 Å². The molecule has 2 N–H and O–H groups in total. The van der Waals surface area contributed by atoms with Crippen LogP contribution < -0.4 is 0 Å². The summed E-state index contributed by atoms with van der Waals surface area (Å²) in [6.45, 7) is 6.49. The Balaban J connectivity index is 1.73. The Morgan fingerprint density at radius 3 is 2.62 bits per heavy atom. The number of aromatic nitrogens is 1. The number of esters is 1. The highest BCUT2D eigenvalue weighted by Gasteiger charge is 2.26. The number of ether oxygens (including phenoxy) is 2. The fraction of sp³-hybridized carbons (Fsp3) is 0.450. The van der Waals surface area contributed by atoms with E-state index in [0.717, 1.165) is 0 Å². The predicted molar refractivity (Wildman–Crippen MR) is 106 cm³/mol. The number of aryl methyl sites for hydroxylation is 1. The molecule has 3 rings (SSSR count). The molecule has 9 heteroatoms. The third-order valence-electron chi connectivity index (χ3n) is 4.99. The zero-order valence-corrected chi connectivity index (χ0v) is 17.6. The number of H-pyrrole nitrogens is 1. The number of carbonyl (C=O) groups excluding carboxylic acids is 1. The summed E-state index contributed by atoms with van der Waals surface area (Å²) in [4.78, 5) is 15.6. The van der Waals surface area contributed by atoms with Crippen LogP contribution in [0.15, 0.2) is 29.2 Å². The summed E-state index contributed by atoms with van der Waals surface area (Å²) in [5.41, 5.74) is 2.89. The van der Waals surface area contributed by atoms with Gasteiger partial charge in [-0.05, 0) is 44.0 Å². The quantitative estimate of drug-likeness (QED) is 0.690. The molecule has 0 unspecified atom stereocenters. The smallest absolute Gasteiger partial charge is 0.355 e. The van der Waals surface area contributed by atoms with Gasteiger partial charge >= 0.3 is 5.97 Å². The van der Waals surface area contributed by atoms with Crippen molar-refractivity contribution in [2.75, 3.05) is 26.3 Å². The van der Waals surface area contributed by atoms with Crippen LogP contribution in [-0.4, -0.2) is 55.1 Å². The first-order valence-corrected chi connectivity index (χ1v) is 10.9. The van der Waals surface area contributed by atoms with E-state index in [1.165, 1.54) is 16.4 Å². The van der Waals surface area contributed by atoms with Gasteiger partial charge < -0.3 is 19.6 Å². The molecule has 1 aromatic heterocycles. The number of hydrogen-bond acceptors (Lipinski definition) is 6. The molecular weight excluding hydrogens is 396 g/mol. The minimum atomic E-state index is -3.61. The maximum atomic E-state index is 12.8. The number of aliphatic hydroxyl groups excluding tert-OH is 1. The van der Waals surface area contributed by atoms with Crippen LogP contribution in [0, 0.1) is 13.8 Å². The number of nitrogens with one attached hydrogen (secondary N) is 1. The maximum Gasteiger partial charge on any atom is 0.355 e. The van der Waals surface area contributed by atoms with E-state index in [0.29, 0.717) is 48.7 Å². The number of benzene rings is 1. The number of carbonyl (C=O) groups is 1. The van der Waals surface area contributed by atoms with Gasteiger partial charge in [-0.2, -0.15) is 4.31 Å². The molecule has 2 aromatic rings. The van der Waals surface area contributed by atoms with Gasteiger partial charge in [0.15, 0.2) is 0 Å². The molecule has 0 spiro atoms. The third kappa shape index (κ3) is 4.53. The average molecular weight is 423 g/mol. The van der Waals surface area contributed by atoms with Gasteiger partial charge in [0.05, 0.1) is 24.2 Å². The Morgan fingerprint density at radius 1 is 1.31 bits per heavy atom. The van der Waals surface area contributed by atoms with Crippen LogP contribution in [-0.2, 0) is 26.1 Å². The van der Waals surface area contributed by atoms with Crippen LogP contribution in [0.5, 0.6) is 0 Å². The summed E-state index contributed by atoms with van der Waals surface area (Å²) in [5, 5.41) is 9.86. The first-order chi connectivity index (χ1) is 13.7. The first-order valence-electron chi connectivity index (χ1n) is 9.43. The van der Waals surface area contributed by atoms with E-state index in [1.54, 1.807) is 32.9 Å². The standard InChI is InChI=1S/C20H26N2O6S/c1-13-18(15(3)23)14(2)21-19(13)20(24)28-12-16-5-4-6-17(11-16)29(25,26)22-7-9-27-10-8-22/h4-6,11,15,21,23H,7-10,12H2,1-3H3/t15-/m1/s1. The number of hydrogen-bond donors (Lipinski definition) is 2. The lowest BCUT2D eigenvalue weighted by Crippen LogP contribution is -2.40. The normalized spacial score (nSPS) is 16.6. The second kappa shape index (κ2) is 8.66. The van der Waals surface area contributed by atoms with Gasteiger partial charge in [0.1, 0.15) is 12.3 Å². The molecule has 29 heavy (non-hydrogen) atoms. The second-order valence-corrected chi connectivity index (χ2v) is 9.02. The van der Waals surface area contributed by atoms with Gasteiger partial charge in [-0.1, -0.05) is 12.1 Å². The Bertz CT molecular complexity index is 990. The summed E-state index contributed by atoms with van der Waals surface area (Å²) >= 11 is 0. The van der Waals surface area contributed by atoms with Crippen molar-refractivity contribution in [3.8, 4) is 0 Å². The van der Waals surface area contributed by atoms with Gasteiger partial charge in [-0.15, -0.1) is 0 Å². The van der Waals surface area contributed by atoms with Gasteiger partial charge in [0, 0.05) is 24.3 Å². The highest BCUT2D eigenvalue weighted by Crippen LogP contribution is 2.25. The SMILES string of the molecule is Cc1[nH]c(C(=O)OCc2cccc(S(=O)(=O)N3CCOCC3)c2)c(C)c1[C@@H](C)O. The van der Waals surface area contributed by atoms with Crippen LogP contribution in [0.25, 0.3) is 0 Å². The molecule has 1 aliphatic heterocycles. The Hall–Kier alpha value is -2.20. The van der Waals surface area contributed by atoms with Crippen LogP contribution in [0.3, 0.4) is 0 Å². The monoisotopic (exact) mass is 422 g/mol. The van der Waals surface area contributed by atoms with E-state index >= 15 is 0 Å². The number of morpholine rings is 1. The maximum absolute atomic E-state index is 12.8. The van der Waals surface area contributed by atoms with E-state index < -0.39 is 22.1 Å². The second-order valence-electron chi connectivity index (χ2n) is 7.08. The molecule has 0 radical (unpaired) electrons. The topological polar surface area (TPSA) is 109 Å². The molecular formula is C20H26N2O6S. The van der Waals surface area contributed by atoms with Crippen LogP contribution >= 0.6 is 0 Å². The van der Waals surface area contributed by atoms with Crippen molar-refractivity contribution in [1.29, 1.82) is 0 Å². The Morgan fingerprint density at radius 2 is 2.00 bits per heavy atom. The van der Waals surface area contributed by atoms with Gasteiger partial charge in [0.2, 0.25) is 10.0 Å². The third-order valence-corrected chi connectivity index (χ3v) is 6.89. The van der Waals surface area contributed by atoms with Crippen molar-refractivity contribution >= 4 is 16.0 Å². The number of aromatic amines is 1. The molecule has 1 saturated heterocycles. The molecule has 0 bridgehead atoms. The molecule has 1 atom stereocenters. The summed E-state index contributed by atoms with van der Waals surface area (Å²) in [5.74, 6) is -0.557. The van der Waals surface area contributed by atoms with Crippen LogP contribution in [0.4, 0.5) is 0 Å². The lowest BCUT2D eigenvalue weighted by atomic mass is 10.1. The number of aliphatic hydroxyl groups is 1. The van der Waals surface area contributed by atoms with Gasteiger partial charge in [-0.25, -0.2) is 13.2 Å². The van der Waals surface area contributed by atoms with E-state index in [-0.39, 0.29) is 17.2 Å². The number of sulfonamides is 1. The van der Waals surface area contributed by atoms with Crippen molar-refractivity contribution < 1.29 is 27.8 Å². The van der Waals surface area contributed by atoms with E-state index in [9.17, 15) is 18.3 Å². The lowest BCUT2D eigenvalue weighted by molar-refractivity contribution is 0.0465. The summed E-state index contributed by atoms with van der Waals surface area (Å²) < 4.78 is 37.5. The highest BCUT2D eigenvalue weighted by atomic mass is 32.2. The fourth-order valence-corrected chi connectivity index (χ4v) is 5.03. The molecule has 0 saturated carbocycles. The summed E-state index contributed by atoms with van der Waals surface area (Å²) in [6, 6.07) is 6.39. The average Bonchev–Trinajstić information content (AvgIpc) is 3.01. The van der Waals surface area contributed by atoms with E-state index in [4.69, 9.17) is 9.47 Å².